The molecule has 0 aliphatic heterocycles. The molecule has 3 nitrogen and oxygen atoms in total. The van der Waals surface area contributed by atoms with Crippen molar-refractivity contribution in [1.82, 2.24) is 9.55 Å². The Hall–Kier alpha value is -2.93. The normalized spacial score (nSPS) is 11.6. The minimum Gasteiger partial charge on any atom is -0.324 e. The average molecular weight is 291 g/mol. The summed E-state index contributed by atoms with van der Waals surface area (Å²) in [7, 11) is 0. The van der Waals surface area contributed by atoms with Crippen LogP contribution in [0.3, 0.4) is 0 Å². The maximum Gasteiger partial charge on any atom is 0.151 e. The molecule has 0 atom stereocenters. The van der Waals surface area contributed by atoms with E-state index in [1.54, 1.807) is 18.2 Å². The van der Waals surface area contributed by atoms with Crippen LogP contribution in [0.25, 0.3) is 22.7 Å². The lowest BCUT2D eigenvalue weighted by atomic mass is 10.1. The molecule has 0 spiro atoms. The second-order valence-corrected chi connectivity index (χ2v) is 4.89. The van der Waals surface area contributed by atoms with Crippen molar-refractivity contribution in [1.29, 1.82) is 5.26 Å². The molecule has 2 aromatic carbocycles. The van der Waals surface area contributed by atoms with Crippen molar-refractivity contribution in [2.75, 3.05) is 0 Å². The van der Waals surface area contributed by atoms with Gasteiger partial charge in [-0.15, -0.1) is 0 Å². The highest BCUT2D eigenvalue weighted by Crippen LogP contribution is 2.23. The molecule has 22 heavy (non-hydrogen) atoms. The van der Waals surface area contributed by atoms with Crippen molar-refractivity contribution in [3.63, 3.8) is 0 Å². The zero-order chi connectivity index (χ0) is 15.5. The van der Waals surface area contributed by atoms with Gasteiger partial charge in [-0.3, -0.25) is 0 Å². The van der Waals surface area contributed by atoms with Gasteiger partial charge >= 0.3 is 0 Å². The zero-order valence-corrected chi connectivity index (χ0v) is 12.1. The standard InChI is InChI=1S/C18H14FN3/c1-2-22-17-6-4-3-5-16(17)21-18(22)14(12-20)11-13-7-9-15(19)10-8-13/h3-11H,2H2,1H3/b14-11+. The van der Waals surface area contributed by atoms with Gasteiger partial charge in [0.1, 0.15) is 11.9 Å². The van der Waals surface area contributed by atoms with Crippen LogP contribution >= 0.6 is 0 Å². The van der Waals surface area contributed by atoms with Gasteiger partial charge in [0.25, 0.3) is 0 Å². The van der Waals surface area contributed by atoms with Gasteiger partial charge in [-0.1, -0.05) is 24.3 Å². The van der Waals surface area contributed by atoms with Crippen LogP contribution in [0, 0.1) is 17.1 Å². The smallest absolute Gasteiger partial charge is 0.151 e. The van der Waals surface area contributed by atoms with E-state index < -0.39 is 0 Å². The minimum absolute atomic E-state index is 0.295. The van der Waals surface area contributed by atoms with E-state index in [0.717, 1.165) is 23.1 Å². The van der Waals surface area contributed by atoms with Gasteiger partial charge in [0.15, 0.2) is 5.82 Å². The van der Waals surface area contributed by atoms with E-state index in [0.29, 0.717) is 11.4 Å². The number of imidazole rings is 1. The predicted molar refractivity (Wildman–Crippen MR) is 85.3 cm³/mol. The number of benzene rings is 2. The van der Waals surface area contributed by atoms with Crippen molar-refractivity contribution in [3.05, 3.63) is 65.7 Å². The van der Waals surface area contributed by atoms with Crippen LogP contribution in [0.15, 0.2) is 48.5 Å². The molecule has 0 unspecified atom stereocenters. The van der Waals surface area contributed by atoms with Crippen LogP contribution in [0.4, 0.5) is 4.39 Å². The number of rotatable bonds is 3. The molecule has 0 fully saturated rings. The first kappa shape index (κ1) is 14.0. The van der Waals surface area contributed by atoms with E-state index in [-0.39, 0.29) is 5.82 Å². The van der Waals surface area contributed by atoms with E-state index in [1.165, 1.54) is 12.1 Å². The van der Waals surface area contributed by atoms with Crippen LogP contribution in [-0.2, 0) is 6.54 Å². The highest BCUT2D eigenvalue weighted by molar-refractivity contribution is 5.90. The summed E-state index contributed by atoms with van der Waals surface area (Å²) in [5.41, 5.74) is 3.09. The first-order valence-corrected chi connectivity index (χ1v) is 7.06. The minimum atomic E-state index is -0.295. The molecule has 3 aromatic rings. The fraction of sp³-hybridized carbons (Fsp3) is 0.111. The molecule has 0 aliphatic carbocycles. The monoisotopic (exact) mass is 291 g/mol. The highest BCUT2D eigenvalue weighted by atomic mass is 19.1. The van der Waals surface area contributed by atoms with Gasteiger partial charge in [-0.25, -0.2) is 9.37 Å². The van der Waals surface area contributed by atoms with Gasteiger partial charge in [0, 0.05) is 6.54 Å². The molecular formula is C18H14FN3. The van der Waals surface area contributed by atoms with Gasteiger partial charge in [-0.05, 0) is 42.8 Å². The summed E-state index contributed by atoms with van der Waals surface area (Å²) < 4.78 is 15.0. The molecular weight excluding hydrogens is 277 g/mol. The van der Waals surface area contributed by atoms with Gasteiger partial charge in [-0.2, -0.15) is 5.26 Å². The molecule has 4 heteroatoms. The predicted octanol–water partition coefficient (Wildman–Crippen LogP) is 4.26. The lowest BCUT2D eigenvalue weighted by molar-refractivity contribution is 0.628. The third-order valence-electron chi connectivity index (χ3n) is 3.51. The number of fused-ring (bicyclic) bond motifs is 1. The number of hydrogen-bond donors (Lipinski definition) is 0. The quantitative estimate of drug-likeness (QED) is 0.677. The molecule has 0 saturated carbocycles. The van der Waals surface area contributed by atoms with Crippen LogP contribution in [0.2, 0.25) is 0 Å². The van der Waals surface area contributed by atoms with Gasteiger partial charge in [0.05, 0.1) is 16.6 Å². The molecule has 1 aromatic heterocycles. The number of hydrogen-bond acceptors (Lipinski definition) is 2. The highest BCUT2D eigenvalue weighted by Gasteiger charge is 2.13. The molecule has 0 bridgehead atoms. The summed E-state index contributed by atoms with van der Waals surface area (Å²) in [5, 5.41) is 9.49. The number of halogens is 1. The fourth-order valence-corrected chi connectivity index (χ4v) is 2.47. The Kier molecular flexibility index (Phi) is 3.71. The summed E-state index contributed by atoms with van der Waals surface area (Å²) in [5.74, 6) is 0.340. The molecule has 0 N–H and O–H groups in total. The maximum absolute atomic E-state index is 13.0. The molecule has 3 rings (SSSR count). The second-order valence-electron chi connectivity index (χ2n) is 4.89. The van der Waals surface area contributed by atoms with Gasteiger partial charge in [0.2, 0.25) is 0 Å². The first-order chi connectivity index (χ1) is 10.7. The molecule has 0 aliphatic rings. The molecule has 0 amide bonds. The Morgan fingerprint density at radius 1 is 1.23 bits per heavy atom. The third-order valence-corrected chi connectivity index (χ3v) is 3.51. The summed E-state index contributed by atoms with van der Waals surface area (Å²) in [6.45, 7) is 2.74. The van der Waals surface area contributed by atoms with E-state index in [4.69, 9.17) is 0 Å². The van der Waals surface area contributed by atoms with Crippen LogP contribution < -0.4 is 0 Å². The summed E-state index contributed by atoms with van der Waals surface area (Å²) in [6, 6.07) is 16.0. The van der Waals surface area contributed by atoms with E-state index in [2.05, 4.69) is 11.1 Å². The van der Waals surface area contributed by atoms with Gasteiger partial charge < -0.3 is 4.57 Å². The first-order valence-electron chi connectivity index (χ1n) is 7.06. The lowest BCUT2D eigenvalue weighted by Crippen LogP contribution is -2.00. The second kappa shape index (κ2) is 5.82. The Labute approximate surface area is 128 Å². The van der Waals surface area contributed by atoms with Crippen molar-refractivity contribution in [3.8, 4) is 6.07 Å². The topological polar surface area (TPSA) is 41.6 Å². The fourth-order valence-electron chi connectivity index (χ4n) is 2.47. The summed E-state index contributed by atoms with van der Waals surface area (Å²) in [6.07, 6.45) is 1.73. The third kappa shape index (κ3) is 2.49. The number of nitrogens with zero attached hydrogens (tertiary/aromatic N) is 3. The largest absolute Gasteiger partial charge is 0.324 e. The number of para-hydroxylation sites is 2. The van der Waals surface area contributed by atoms with Crippen LogP contribution in [0.5, 0.6) is 0 Å². The van der Waals surface area contributed by atoms with E-state index in [9.17, 15) is 9.65 Å². The van der Waals surface area contributed by atoms with E-state index in [1.807, 2.05) is 35.8 Å². The Morgan fingerprint density at radius 2 is 1.95 bits per heavy atom. The number of aromatic nitrogens is 2. The maximum atomic E-state index is 13.0. The zero-order valence-electron chi connectivity index (χ0n) is 12.1. The van der Waals surface area contributed by atoms with Crippen LogP contribution in [0.1, 0.15) is 18.3 Å². The Bertz CT molecular complexity index is 883. The Balaban J connectivity index is 2.15. The lowest BCUT2D eigenvalue weighted by Gasteiger charge is -2.05. The summed E-state index contributed by atoms with van der Waals surface area (Å²) in [4.78, 5) is 4.57. The molecule has 108 valence electrons. The Morgan fingerprint density at radius 3 is 2.64 bits per heavy atom. The summed E-state index contributed by atoms with van der Waals surface area (Å²) >= 11 is 0. The van der Waals surface area contributed by atoms with Crippen molar-refractivity contribution in [2.24, 2.45) is 0 Å². The SMILES string of the molecule is CCn1c(/C(C#N)=C/c2ccc(F)cc2)nc2ccccc21. The number of allylic oxidation sites excluding steroid dienone is 1. The molecule has 0 saturated heterocycles. The number of nitriles is 1. The molecule has 1 heterocycles. The van der Waals surface area contributed by atoms with Crippen molar-refractivity contribution in [2.45, 2.75) is 13.5 Å². The van der Waals surface area contributed by atoms with E-state index >= 15 is 0 Å². The van der Waals surface area contributed by atoms with Crippen molar-refractivity contribution < 1.29 is 4.39 Å². The van der Waals surface area contributed by atoms with Crippen LogP contribution in [-0.4, -0.2) is 9.55 Å². The molecule has 0 radical (unpaired) electrons. The number of aryl methyl sites for hydroxylation is 1. The average Bonchev–Trinajstić information content (AvgIpc) is 2.92. The van der Waals surface area contributed by atoms with Crippen molar-refractivity contribution >= 4 is 22.7 Å².